The Morgan fingerprint density at radius 2 is 1.76 bits per heavy atom. The number of nitrogens with zero attached hydrogens (tertiary/aromatic N) is 2. The van der Waals surface area contributed by atoms with E-state index >= 15 is 0 Å². The molecule has 186 valence electrons. The number of phenolic OH excluding ortho intramolecular Hbond substituents is 2. The molecule has 0 amide bonds. The number of fused-ring (bicyclic) bond motifs is 7. The Balaban J connectivity index is 1.72. The van der Waals surface area contributed by atoms with Gasteiger partial charge in [-0.25, -0.2) is 4.79 Å². The Hall–Kier alpha value is -4.99. The summed E-state index contributed by atoms with van der Waals surface area (Å²) in [7, 11) is 2.86. The Labute approximate surface area is 209 Å². The fraction of sp³-hybridized carbons (Fsp3) is 0.148. The Morgan fingerprint density at radius 3 is 2.49 bits per heavy atom. The predicted molar refractivity (Wildman–Crippen MR) is 135 cm³/mol. The highest BCUT2D eigenvalue weighted by atomic mass is 16.6. The second-order valence-corrected chi connectivity index (χ2v) is 8.82. The lowest BCUT2D eigenvalue weighted by atomic mass is 9.81. The van der Waals surface area contributed by atoms with Crippen LogP contribution in [0.4, 0.5) is 11.4 Å². The largest absolute Gasteiger partial charge is 0.504 e. The number of phenols is 2. The van der Waals surface area contributed by atoms with Crippen molar-refractivity contribution in [2.45, 2.75) is 12.0 Å². The molecule has 0 fully saturated rings. The van der Waals surface area contributed by atoms with Gasteiger partial charge in [-0.1, -0.05) is 12.1 Å². The second kappa shape index (κ2) is 8.02. The zero-order valence-electron chi connectivity index (χ0n) is 19.7. The van der Waals surface area contributed by atoms with E-state index in [0.29, 0.717) is 22.1 Å². The predicted octanol–water partition coefficient (Wildman–Crippen LogP) is 4.81. The number of ether oxygens (including phenoxy) is 2. The fourth-order valence-corrected chi connectivity index (χ4v) is 5.41. The summed E-state index contributed by atoms with van der Waals surface area (Å²) >= 11 is 0. The van der Waals surface area contributed by atoms with E-state index in [-0.39, 0.29) is 40.0 Å². The summed E-state index contributed by atoms with van der Waals surface area (Å²) in [5.74, 6) is -0.341. The van der Waals surface area contributed by atoms with Crippen molar-refractivity contribution in [3.05, 3.63) is 97.5 Å². The maximum atomic E-state index is 13.4. The van der Waals surface area contributed by atoms with Crippen LogP contribution < -0.4 is 20.0 Å². The molecule has 0 saturated heterocycles. The first-order valence-corrected chi connectivity index (χ1v) is 11.3. The average Bonchev–Trinajstić information content (AvgIpc) is 3.24. The number of anilines is 1. The molecule has 0 bridgehead atoms. The van der Waals surface area contributed by atoms with Gasteiger partial charge in [-0.15, -0.1) is 0 Å². The van der Waals surface area contributed by atoms with Gasteiger partial charge in [0, 0.05) is 41.3 Å². The molecule has 2 aliphatic rings. The van der Waals surface area contributed by atoms with E-state index in [1.165, 1.54) is 32.4 Å². The van der Waals surface area contributed by atoms with Crippen LogP contribution in [0.3, 0.4) is 0 Å². The van der Waals surface area contributed by atoms with Gasteiger partial charge in [0.05, 0.1) is 25.2 Å². The lowest BCUT2D eigenvalue weighted by molar-refractivity contribution is -0.384. The van der Waals surface area contributed by atoms with Gasteiger partial charge in [-0.3, -0.25) is 10.1 Å². The van der Waals surface area contributed by atoms with Gasteiger partial charge < -0.3 is 29.0 Å². The number of aromatic hydroxyl groups is 2. The third kappa shape index (κ3) is 3.22. The maximum absolute atomic E-state index is 13.4. The molecule has 2 aliphatic heterocycles. The standard InChI is InChI=1S/C27H20N2O8/c1-35-21-10-16-13(9-18(21)30)6-7-28-25(16)23(14-4-3-5-15(8-14)29(33)34)24-17-11-22(36-2)19(31)12-20(17)37-27(32)26(24)28/h3-12,23,25,30-31H,1-2H3. The van der Waals surface area contributed by atoms with Crippen LogP contribution in [0.2, 0.25) is 0 Å². The van der Waals surface area contributed by atoms with Crippen LogP contribution in [0.1, 0.15) is 34.2 Å². The van der Waals surface area contributed by atoms with Crippen LogP contribution in [0.15, 0.2) is 63.9 Å². The highest BCUT2D eigenvalue weighted by Gasteiger charge is 2.46. The smallest absolute Gasteiger partial charge is 0.360 e. The quantitative estimate of drug-likeness (QED) is 0.230. The maximum Gasteiger partial charge on any atom is 0.360 e. The first-order valence-electron chi connectivity index (χ1n) is 11.3. The van der Waals surface area contributed by atoms with E-state index in [1.54, 1.807) is 47.5 Å². The minimum absolute atomic E-state index is 0.0352. The van der Waals surface area contributed by atoms with Gasteiger partial charge in [-0.05, 0) is 41.0 Å². The van der Waals surface area contributed by atoms with E-state index in [9.17, 15) is 25.1 Å². The molecule has 3 heterocycles. The fourth-order valence-electron chi connectivity index (χ4n) is 5.41. The van der Waals surface area contributed by atoms with Crippen LogP contribution >= 0.6 is 0 Å². The number of hydrogen-bond donors (Lipinski definition) is 2. The molecule has 2 atom stereocenters. The number of rotatable bonds is 4. The Morgan fingerprint density at radius 1 is 1.03 bits per heavy atom. The molecule has 0 aliphatic carbocycles. The van der Waals surface area contributed by atoms with Crippen molar-refractivity contribution in [3.8, 4) is 23.0 Å². The van der Waals surface area contributed by atoms with Crippen LogP contribution in [-0.2, 0) is 0 Å². The summed E-state index contributed by atoms with van der Waals surface area (Å²) in [5.41, 5.74) is 2.38. The van der Waals surface area contributed by atoms with E-state index < -0.39 is 22.5 Å². The minimum Gasteiger partial charge on any atom is -0.504 e. The van der Waals surface area contributed by atoms with Crippen molar-refractivity contribution in [1.29, 1.82) is 0 Å². The molecule has 0 saturated carbocycles. The highest BCUT2D eigenvalue weighted by Crippen LogP contribution is 2.57. The molecule has 6 rings (SSSR count). The van der Waals surface area contributed by atoms with Crippen molar-refractivity contribution < 1.29 is 29.0 Å². The summed E-state index contributed by atoms with van der Waals surface area (Å²) in [5, 5.41) is 32.9. The second-order valence-electron chi connectivity index (χ2n) is 8.82. The van der Waals surface area contributed by atoms with Gasteiger partial charge >= 0.3 is 5.63 Å². The van der Waals surface area contributed by atoms with Gasteiger partial charge in [-0.2, -0.15) is 0 Å². The average molecular weight is 500 g/mol. The van der Waals surface area contributed by atoms with E-state index in [0.717, 1.165) is 5.56 Å². The van der Waals surface area contributed by atoms with Crippen LogP contribution in [-0.4, -0.2) is 29.4 Å². The number of hydrogen-bond acceptors (Lipinski definition) is 9. The van der Waals surface area contributed by atoms with Gasteiger partial charge in [0.2, 0.25) is 0 Å². The first-order chi connectivity index (χ1) is 17.8. The number of nitro groups is 1. The molecular weight excluding hydrogens is 480 g/mol. The van der Waals surface area contributed by atoms with Crippen LogP contribution in [0.25, 0.3) is 17.0 Å². The molecule has 2 N–H and O–H groups in total. The highest BCUT2D eigenvalue weighted by molar-refractivity contribution is 5.92. The number of methoxy groups -OCH3 is 2. The molecule has 0 spiro atoms. The third-order valence-electron chi connectivity index (χ3n) is 6.96. The van der Waals surface area contributed by atoms with E-state index in [4.69, 9.17) is 13.9 Å². The SMILES string of the molecule is COc1cc2c(cc1O)C=CN1c3c(c4cc(OC)c(O)cc4oc3=O)C(c3cccc([N+](=O)[O-])c3)C21. The molecule has 10 heteroatoms. The molecule has 2 unspecified atom stereocenters. The van der Waals surface area contributed by atoms with Crippen LogP contribution in [0, 0.1) is 10.1 Å². The number of nitro benzene ring substituents is 1. The summed E-state index contributed by atoms with van der Waals surface area (Å²) in [4.78, 5) is 26.3. The zero-order valence-corrected chi connectivity index (χ0v) is 19.7. The van der Waals surface area contributed by atoms with Crippen molar-refractivity contribution in [1.82, 2.24) is 0 Å². The molecule has 0 radical (unpaired) electrons. The van der Waals surface area contributed by atoms with E-state index in [1.807, 2.05) is 0 Å². The summed E-state index contributed by atoms with van der Waals surface area (Å²) in [6.07, 6.45) is 3.50. The summed E-state index contributed by atoms with van der Waals surface area (Å²) < 4.78 is 16.3. The molecule has 10 nitrogen and oxygen atoms in total. The third-order valence-corrected chi connectivity index (χ3v) is 6.96. The molecule has 37 heavy (non-hydrogen) atoms. The van der Waals surface area contributed by atoms with Crippen molar-refractivity contribution in [2.24, 2.45) is 0 Å². The summed E-state index contributed by atoms with van der Waals surface area (Å²) in [6.45, 7) is 0. The van der Waals surface area contributed by atoms with E-state index in [2.05, 4.69) is 0 Å². The van der Waals surface area contributed by atoms with Crippen molar-refractivity contribution in [2.75, 3.05) is 19.1 Å². The molecule has 4 aromatic rings. The van der Waals surface area contributed by atoms with Gasteiger partial charge in [0.1, 0.15) is 11.3 Å². The Kier molecular flexibility index (Phi) is 4.87. The van der Waals surface area contributed by atoms with Crippen LogP contribution in [0.5, 0.6) is 23.0 Å². The summed E-state index contributed by atoms with van der Waals surface area (Å²) in [6, 6.07) is 12.0. The normalized spacial score (nSPS) is 17.3. The van der Waals surface area contributed by atoms with Crippen molar-refractivity contribution in [3.63, 3.8) is 0 Å². The Bertz CT molecular complexity index is 1710. The lowest BCUT2D eigenvalue weighted by Crippen LogP contribution is -2.27. The topological polar surface area (TPSA) is 136 Å². The van der Waals surface area contributed by atoms with Gasteiger partial charge in [0.25, 0.3) is 5.69 Å². The number of non-ortho nitro benzene ring substituents is 1. The minimum atomic E-state index is -0.621. The van der Waals surface area contributed by atoms with Gasteiger partial charge in [0.15, 0.2) is 23.0 Å². The zero-order chi connectivity index (χ0) is 26.0. The lowest BCUT2D eigenvalue weighted by Gasteiger charge is -2.32. The molecular formula is C27H20N2O8. The molecule has 1 aromatic heterocycles. The molecule has 3 aromatic carbocycles. The number of benzene rings is 3. The monoisotopic (exact) mass is 500 g/mol. The van der Waals surface area contributed by atoms with Crippen molar-refractivity contribution >= 4 is 28.4 Å². The first kappa shape index (κ1) is 22.5.